The van der Waals surface area contributed by atoms with Crippen molar-refractivity contribution >= 4 is 11.8 Å². The SMILES string of the molecule is CCc1nn(C)cc1CNc1nccnc1C(=O)O. The Morgan fingerprint density at radius 1 is 1.42 bits per heavy atom. The molecule has 0 fully saturated rings. The molecule has 7 heteroatoms. The molecule has 2 N–H and O–H groups in total. The number of hydrogen-bond donors (Lipinski definition) is 2. The van der Waals surface area contributed by atoms with Crippen molar-refractivity contribution in [1.29, 1.82) is 0 Å². The molecule has 0 aliphatic rings. The molecule has 0 radical (unpaired) electrons. The molecule has 100 valence electrons. The van der Waals surface area contributed by atoms with E-state index >= 15 is 0 Å². The Morgan fingerprint density at radius 2 is 2.16 bits per heavy atom. The van der Waals surface area contributed by atoms with Gasteiger partial charge in [-0.1, -0.05) is 6.92 Å². The first kappa shape index (κ1) is 13.0. The second-order valence-electron chi connectivity index (χ2n) is 4.04. The Balaban J connectivity index is 2.16. The predicted octanol–water partition coefficient (Wildman–Crippen LogP) is 1.08. The minimum Gasteiger partial charge on any atom is -0.476 e. The number of hydrogen-bond acceptors (Lipinski definition) is 5. The number of rotatable bonds is 5. The van der Waals surface area contributed by atoms with Crippen molar-refractivity contribution in [2.24, 2.45) is 7.05 Å². The lowest BCUT2D eigenvalue weighted by molar-refractivity contribution is 0.0691. The minimum absolute atomic E-state index is 0.0792. The highest BCUT2D eigenvalue weighted by molar-refractivity contribution is 5.90. The smallest absolute Gasteiger partial charge is 0.358 e. The van der Waals surface area contributed by atoms with Gasteiger partial charge >= 0.3 is 5.97 Å². The number of aromatic nitrogens is 4. The van der Waals surface area contributed by atoms with Crippen LogP contribution < -0.4 is 5.32 Å². The molecule has 0 aliphatic heterocycles. The normalized spacial score (nSPS) is 10.4. The second kappa shape index (κ2) is 5.47. The van der Waals surface area contributed by atoms with Gasteiger partial charge in [-0.15, -0.1) is 0 Å². The summed E-state index contributed by atoms with van der Waals surface area (Å²) >= 11 is 0. The molecule has 2 aromatic rings. The summed E-state index contributed by atoms with van der Waals surface area (Å²) in [5, 5.41) is 16.3. The zero-order chi connectivity index (χ0) is 13.8. The van der Waals surface area contributed by atoms with Crippen LogP contribution in [0.4, 0.5) is 5.82 Å². The van der Waals surface area contributed by atoms with Crippen LogP contribution in [-0.4, -0.2) is 30.8 Å². The molecule has 7 nitrogen and oxygen atoms in total. The standard InChI is InChI=1S/C12H15N5O2/c1-3-9-8(7-17(2)16-9)6-15-11-10(12(18)19)13-4-5-14-11/h4-5,7H,3,6H2,1-2H3,(H,14,15)(H,18,19). The first-order valence-electron chi connectivity index (χ1n) is 5.91. The molecule has 0 spiro atoms. The molecule has 0 aromatic carbocycles. The zero-order valence-electron chi connectivity index (χ0n) is 10.8. The van der Waals surface area contributed by atoms with Gasteiger partial charge in [0.25, 0.3) is 0 Å². The lowest BCUT2D eigenvalue weighted by atomic mass is 10.2. The molecular formula is C12H15N5O2. The monoisotopic (exact) mass is 261 g/mol. The summed E-state index contributed by atoms with van der Waals surface area (Å²) in [4.78, 5) is 18.8. The van der Waals surface area contributed by atoms with E-state index < -0.39 is 5.97 Å². The number of carbonyl (C=O) groups is 1. The van der Waals surface area contributed by atoms with Crippen molar-refractivity contribution in [2.75, 3.05) is 5.32 Å². The van der Waals surface area contributed by atoms with Crippen LogP contribution in [0, 0.1) is 0 Å². The molecule has 0 aliphatic carbocycles. The average molecular weight is 261 g/mol. The topological polar surface area (TPSA) is 92.9 Å². The van der Waals surface area contributed by atoms with Gasteiger partial charge in [-0.05, 0) is 6.42 Å². The van der Waals surface area contributed by atoms with Gasteiger partial charge < -0.3 is 10.4 Å². The highest BCUT2D eigenvalue weighted by atomic mass is 16.4. The highest BCUT2D eigenvalue weighted by Crippen LogP contribution is 2.12. The van der Waals surface area contributed by atoms with Gasteiger partial charge in [0, 0.05) is 37.7 Å². The second-order valence-corrected chi connectivity index (χ2v) is 4.04. The van der Waals surface area contributed by atoms with E-state index in [1.165, 1.54) is 12.4 Å². The predicted molar refractivity (Wildman–Crippen MR) is 68.9 cm³/mol. The first-order valence-corrected chi connectivity index (χ1v) is 5.91. The van der Waals surface area contributed by atoms with Gasteiger partial charge in [-0.3, -0.25) is 4.68 Å². The number of carboxylic acid groups (broad SMARTS) is 1. The number of nitrogens with one attached hydrogen (secondary N) is 1. The molecule has 19 heavy (non-hydrogen) atoms. The molecule has 0 saturated carbocycles. The maximum absolute atomic E-state index is 11.0. The Morgan fingerprint density at radius 3 is 2.84 bits per heavy atom. The fourth-order valence-corrected chi connectivity index (χ4v) is 1.83. The highest BCUT2D eigenvalue weighted by Gasteiger charge is 2.13. The van der Waals surface area contributed by atoms with Crippen LogP contribution in [0.5, 0.6) is 0 Å². The molecule has 0 bridgehead atoms. The van der Waals surface area contributed by atoms with Crippen LogP contribution in [0.25, 0.3) is 0 Å². The number of carboxylic acids is 1. The number of aromatic carboxylic acids is 1. The van der Waals surface area contributed by atoms with Gasteiger partial charge in [0.15, 0.2) is 11.5 Å². The number of aryl methyl sites for hydroxylation is 2. The Hall–Kier alpha value is -2.44. The molecule has 0 amide bonds. The van der Waals surface area contributed by atoms with E-state index in [-0.39, 0.29) is 11.5 Å². The molecule has 0 saturated heterocycles. The van der Waals surface area contributed by atoms with Crippen molar-refractivity contribution in [2.45, 2.75) is 19.9 Å². The Labute approximate surface area is 110 Å². The third-order valence-electron chi connectivity index (χ3n) is 2.67. The first-order chi connectivity index (χ1) is 9.11. The molecular weight excluding hydrogens is 246 g/mol. The third-order valence-corrected chi connectivity index (χ3v) is 2.67. The van der Waals surface area contributed by atoms with Crippen LogP contribution in [0.1, 0.15) is 28.7 Å². The van der Waals surface area contributed by atoms with E-state index in [1.807, 2.05) is 20.2 Å². The molecule has 2 aromatic heterocycles. The van der Waals surface area contributed by atoms with Gasteiger partial charge in [0.2, 0.25) is 0 Å². The maximum atomic E-state index is 11.0. The van der Waals surface area contributed by atoms with E-state index in [0.717, 1.165) is 17.7 Å². The van der Waals surface area contributed by atoms with Crippen molar-refractivity contribution in [3.05, 3.63) is 35.5 Å². The largest absolute Gasteiger partial charge is 0.476 e. The summed E-state index contributed by atoms with van der Waals surface area (Å²) in [5.74, 6) is -0.835. The lowest BCUT2D eigenvalue weighted by Crippen LogP contribution is -2.10. The summed E-state index contributed by atoms with van der Waals surface area (Å²) in [5.41, 5.74) is 1.92. The van der Waals surface area contributed by atoms with Gasteiger partial charge in [-0.2, -0.15) is 5.10 Å². The Bertz CT molecular complexity index is 594. The third kappa shape index (κ3) is 2.87. The van der Waals surface area contributed by atoms with Gasteiger partial charge in [-0.25, -0.2) is 14.8 Å². The molecule has 0 atom stereocenters. The van der Waals surface area contributed by atoms with Crippen LogP contribution in [0.2, 0.25) is 0 Å². The number of anilines is 1. The summed E-state index contributed by atoms with van der Waals surface area (Å²) in [6, 6.07) is 0. The minimum atomic E-state index is -1.10. The van der Waals surface area contributed by atoms with Gasteiger partial charge in [0.1, 0.15) is 0 Å². The van der Waals surface area contributed by atoms with Crippen LogP contribution in [0.15, 0.2) is 18.6 Å². The molecule has 2 heterocycles. The Kier molecular flexibility index (Phi) is 3.74. The molecule has 0 unspecified atom stereocenters. The van der Waals surface area contributed by atoms with E-state index in [4.69, 9.17) is 5.11 Å². The van der Waals surface area contributed by atoms with Crippen LogP contribution in [0.3, 0.4) is 0 Å². The summed E-state index contributed by atoms with van der Waals surface area (Å²) in [7, 11) is 1.85. The van der Waals surface area contributed by atoms with Crippen LogP contribution >= 0.6 is 0 Å². The summed E-state index contributed by atoms with van der Waals surface area (Å²) in [6.07, 6.45) is 5.54. The van der Waals surface area contributed by atoms with E-state index in [9.17, 15) is 4.79 Å². The summed E-state index contributed by atoms with van der Waals surface area (Å²) in [6.45, 7) is 2.49. The van der Waals surface area contributed by atoms with Crippen molar-refractivity contribution in [1.82, 2.24) is 19.7 Å². The average Bonchev–Trinajstić information content (AvgIpc) is 2.77. The van der Waals surface area contributed by atoms with E-state index in [2.05, 4.69) is 20.4 Å². The van der Waals surface area contributed by atoms with Crippen molar-refractivity contribution in [3.63, 3.8) is 0 Å². The quantitative estimate of drug-likeness (QED) is 0.836. The van der Waals surface area contributed by atoms with E-state index in [1.54, 1.807) is 4.68 Å². The number of nitrogens with zero attached hydrogens (tertiary/aromatic N) is 4. The fourth-order valence-electron chi connectivity index (χ4n) is 1.83. The van der Waals surface area contributed by atoms with E-state index in [0.29, 0.717) is 6.54 Å². The lowest BCUT2D eigenvalue weighted by Gasteiger charge is -2.06. The zero-order valence-corrected chi connectivity index (χ0v) is 10.8. The molecule has 2 rings (SSSR count). The van der Waals surface area contributed by atoms with Crippen molar-refractivity contribution < 1.29 is 9.90 Å². The van der Waals surface area contributed by atoms with Crippen LogP contribution in [-0.2, 0) is 20.0 Å². The summed E-state index contributed by atoms with van der Waals surface area (Å²) < 4.78 is 1.74. The fraction of sp³-hybridized carbons (Fsp3) is 0.333. The van der Waals surface area contributed by atoms with Gasteiger partial charge in [0.05, 0.1) is 5.69 Å². The maximum Gasteiger partial charge on any atom is 0.358 e. The van der Waals surface area contributed by atoms with Crippen molar-refractivity contribution in [3.8, 4) is 0 Å².